The Morgan fingerprint density at radius 3 is 2.46 bits per heavy atom. The molecule has 2 heteroatoms. The molecule has 0 amide bonds. The Hall–Kier alpha value is -0.760. The van der Waals surface area contributed by atoms with Gasteiger partial charge in [0.1, 0.15) is 11.9 Å². The Bertz CT molecular complexity index is 161. The molecular formula is C11H20O2. The zero-order valence-corrected chi connectivity index (χ0v) is 8.88. The number of ether oxygens (including phenoxy) is 2. The molecule has 0 N–H and O–H groups in total. The van der Waals surface area contributed by atoms with Gasteiger partial charge in [0.15, 0.2) is 0 Å². The van der Waals surface area contributed by atoms with Gasteiger partial charge in [-0.25, -0.2) is 0 Å². The Morgan fingerprint density at radius 2 is 2.08 bits per heavy atom. The van der Waals surface area contributed by atoms with Crippen molar-refractivity contribution < 1.29 is 9.47 Å². The highest BCUT2D eigenvalue weighted by Gasteiger charge is 2.17. The first-order valence-electron chi connectivity index (χ1n) is 4.67. The first-order valence-corrected chi connectivity index (χ1v) is 4.67. The summed E-state index contributed by atoms with van der Waals surface area (Å²) in [6.07, 6.45) is 1.70. The normalized spacial score (nSPS) is 12.6. The molecule has 0 aliphatic heterocycles. The van der Waals surface area contributed by atoms with Gasteiger partial charge >= 0.3 is 0 Å². The fourth-order valence-electron chi connectivity index (χ4n) is 1.10. The molecule has 0 fully saturated rings. The van der Waals surface area contributed by atoms with E-state index in [-0.39, 0.29) is 6.10 Å². The molecular weight excluding hydrogens is 164 g/mol. The van der Waals surface area contributed by atoms with Gasteiger partial charge < -0.3 is 9.47 Å². The molecule has 0 aliphatic rings. The maximum absolute atomic E-state index is 5.52. The molecule has 0 aliphatic carbocycles. The van der Waals surface area contributed by atoms with E-state index in [1.807, 2.05) is 6.92 Å². The standard InChI is InChI=1S/C11H20O2/c1-6-8-13-11(9(3)4)10(5)12-7-2/h6,9,11H,1,5,7-8H2,2-4H3. The average Bonchev–Trinajstić information content (AvgIpc) is 2.05. The minimum absolute atomic E-state index is 0.0297. The van der Waals surface area contributed by atoms with Crippen LogP contribution in [0.1, 0.15) is 20.8 Å². The number of rotatable bonds is 7. The summed E-state index contributed by atoms with van der Waals surface area (Å²) >= 11 is 0. The Labute approximate surface area is 81.2 Å². The van der Waals surface area contributed by atoms with Crippen molar-refractivity contribution >= 4 is 0 Å². The Kier molecular flexibility index (Phi) is 6.33. The van der Waals surface area contributed by atoms with E-state index in [1.165, 1.54) is 0 Å². The molecule has 0 bridgehead atoms. The summed E-state index contributed by atoms with van der Waals surface area (Å²) in [6.45, 7) is 14.7. The van der Waals surface area contributed by atoms with Gasteiger partial charge in [0.05, 0.1) is 13.2 Å². The van der Waals surface area contributed by atoms with Crippen LogP contribution in [0.4, 0.5) is 0 Å². The summed E-state index contributed by atoms with van der Waals surface area (Å²) in [5.74, 6) is 1.08. The van der Waals surface area contributed by atoms with E-state index in [4.69, 9.17) is 9.47 Å². The smallest absolute Gasteiger partial charge is 0.118 e. The van der Waals surface area contributed by atoms with Crippen LogP contribution in [-0.4, -0.2) is 19.3 Å². The van der Waals surface area contributed by atoms with Gasteiger partial charge in [-0.15, -0.1) is 6.58 Å². The predicted molar refractivity (Wildman–Crippen MR) is 55.5 cm³/mol. The molecule has 0 saturated heterocycles. The highest BCUT2D eigenvalue weighted by molar-refractivity contribution is 4.95. The van der Waals surface area contributed by atoms with Gasteiger partial charge in [-0.05, 0) is 12.8 Å². The lowest BCUT2D eigenvalue weighted by Gasteiger charge is -2.22. The fourth-order valence-corrected chi connectivity index (χ4v) is 1.10. The zero-order chi connectivity index (χ0) is 10.3. The first kappa shape index (κ1) is 12.2. The molecule has 0 aromatic rings. The molecule has 0 heterocycles. The summed E-state index contributed by atoms with van der Waals surface area (Å²) < 4.78 is 10.8. The number of hydrogen-bond acceptors (Lipinski definition) is 2. The average molecular weight is 184 g/mol. The van der Waals surface area contributed by atoms with Gasteiger partial charge in [-0.1, -0.05) is 26.5 Å². The van der Waals surface area contributed by atoms with Crippen LogP contribution in [0.25, 0.3) is 0 Å². The van der Waals surface area contributed by atoms with Crippen LogP contribution in [0.5, 0.6) is 0 Å². The monoisotopic (exact) mass is 184 g/mol. The van der Waals surface area contributed by atoms with Crippen molar-refractivity contribution in [1.29, 1.82) is 0 Å². The van der Waals surface area contributed by atoms with Crippen molar-refractivity contribution in [2.75, 3.05) is 13.2 Å². The quantitative estimate of drug-likeness (QED) is 0.447. The van der Waals surface area contributed by atoms with Crippen molar-refractivity contribution in [3.05, 3.63) is 25.0 Å². The lowest BCUT2D eigenvalue weighted by atomic mass is 10.1. The second-order valence-electron chi connectivity index (χ2n) is 3.19. The third-order valence-corrected chi connectivity index (χ3v) is 1.65. The van der Waals surface area contributed by atoms with Gasteiger partial charge in [0, 0.05) is 0 Å². The van der Waals surface area contributed by atoms with Crippen molar-refractivity contribution in [3.63, 3.8) is 0 Å². The molecule has 0 aromatic carbocycles. The fraction of sp³-hybridized carbons (Fsp3) is 0.636. The third-order valence-electron chi connectivity index (χ3n) is 1.65. The summed E-state index contributed by atoms with van der Waals surface area (Å²) in [6, 6.07) is 0. The van der Waals surface area contributed by atoms with E-state index in [9.17, 15) is 0 Å². The lowest BCUT2D eigenvalue weighted by Crippen LogP contribution is -2.23. The zero-order valence-electron chi connectivity index (χ0n) is 8.88. The van der Waals surface area contributed by atoms with E-state index in [0.717, 1.165) is 0 Å². The second kappa shape index (κ2) is 6.72. The highest BCUT2D eigenvalue weighted by atomic mass is 16.5. The van der Waals surface area contributed by atoms with Gasteiger partial charge in [-0.2, -0.15) is 0 Å². The van der Waals surface area contributed by atoms with Crippen molar-refractivity contribution in [2.24, 2.45) is 5.92 Å². The van der Waals surface area contributed by atoms with Gasteiger partial charge in [0.25, 0.3) is 0 Å². The minimum atomic E-state index is -0.0297. The maximum atomic E-state index is 5.52. The van der Waals surface area contributed by atoms with Crippen molar-refractivity contribution in [3.8, 4) is 0 Å². The topological polar surface area (TPSA) is 18.5 Å². The van der Waals surface area contributed by atoms with Crippen LogP contribution in [0, 0.1) is 5.92 Å². The summed E-state index contributed by atoms with van der Waals surface area (Å²) in [5, 5.41) is 0. The number of hydrogen-bond donors (Lipinski definition) is 0. The largest absolute Gasteiger partial charge is 0.496 e. The van der Waals surface area contributed by atoms with Crippen molar-refractivity contribution in [1.82, 2.24) is 0 Å². The van der Waals surface area contributed by atoms with E-state index in [0.29, 0.717) is 24.9 Å². The predicted octanol–water partition coefficient (Wildman–Crippen LogP) is 2.76. The Balaban J connectivity index is 4.06. The molecule has 13 heavy (non-hydrogen) atoms. The summed E-state index contributed by atoms with van der Waals surface area (Å²) in [4.78, 5) is 0. The van der Waals surface area contributed by atoms with Crippen LogP contribution < -0.4 is 0 Å². The molecule has 0 rings (SSSR count). The van der Waals surface area contributed by atoms with Gasteiger partial charge in [0.2, 0.25) is 0 Å². The Morgan fingerprint density at radius 1 is 1.46 bits per heavy atom. The molecule has 1 unspecified atom stereocenters. The van der Waals surface area contributed by atoms with E-state index < -0.39 is 0 Å². The summed E-state index contributed by atoms with van der Waals surface area (Å²) in [5.41, 5.74) is 0. The van der Waals surface area contributed by atoms with E-state index >= 15 is 0 Å². The third kappa shape index (κ3) is 4.73. The van der Waals surface area contributed by atoms with Crippen LogP contribution in [-0.2, 0) is 9.47 Å². The van der Waals surface area contributed by atoms with Crippen LogP contribution in [0.15, 0.2) is 25.0 Å². The van der Waals surface area contributed by atoms with Gasteiger partial charge in [-0.3, -0.25) is 0 Å². The molecule has 2 nitrogen and oxygen atoms in total. The van der Waals surface area contributed by atoms with Crippen LogP contribution >= 0.6 is 0 Å². The van der Waals surface area contributed by atoms with E-state index in [2.05, 4.69) is 27.0 Å². The second-order valence-corrected chi connectivity index (χ2v) is 3.19. The maximum Gasteiger partial charge on any atom is 0.118 e. The van der Waals surface area contributed by atoms with Crippen LogP contribution in [0.3, 0.4) is 0 Å². The molecule has 0 spiro atoms. The molecule has 76 valence electrons. The molecule has 0 radical (unpaired) electrons. The lowest BCUT2D eigenvalue weighted by molar-refractivity contribution is 0.0204. The SMILES string of the molecule is C=CCOC(C(=C)OCC)C(C)C. The molecule has 0 saturated carbocycles. The molecule has 0 aromatic heterocycles. The minimum Gasteiger partial charge on any atom is -0.496 e. The highest BCUT2D eigenvalue weighted by Crippen LogP contribution is 2.15. The van der Waals surface area contributed by atoms with Crippen molar-refractivity contribution in [2.45, 2.75) is 26.9 Å². The summed E-state index contributed by atoms with van der Waals surface area (Å²) in [7, 11) is 0. The molecule has 1 atom stereocenters. The first-order chi connectivity index (χ1) is 6.13. The van der Waals surface area contributed by atoms with E-state index in [1.54, 1.807) is 6.08 Å². The van der Waals surface area contributed by atoms with Crippen LogP contribution in [0.2, 0.25) is 0 Å².